The molecular formula is C11H8N2O4. The second kappa shape index (κ2) is 4.09. The van der Waals surface area contributed by atoms with E-state index < -0.39 is 17.1 Å². The molecule has 86 valence electrons. The van der Waals surface area contributed by atoms with Crippen molar-refractivity contribution in [1.82, 2.24) is 9.78 Å². The van der Waals surface area contributed by atoms with Gasteiger partial charge >= 0.3 is 5.97 Å². The Morgan fingerprint density at radius 3 is 2.29 bits per heavy atom. The lowest BCUT2D eigenvalue weighted by molar-refractivity contribution is 0.0697. The summed E-state index contributed by atoms with van der Waals surface area (Å²) in [6.45, 7) is 0. The SMILES string of the molecule is O=C(O)c1ccc(-n2[nH]c(=O)ccc2=O)cc1. The molecule has 0 amide bonds. The molecule has 0 saturated carbocycles. The van der Waals surface area contributed by atoms with E-state index in [0.29, 0.717) is 5.69 Å². The molecule has 6 nitrogen and oxygen atoms in total. The number of H-pyrrole nitrogens is 1. The Bertz CT molecular complexity index is 667. The van der Waals surface area contributed by atoms with Gasteiger partial charge in [-0.2, -0.15) is 0 Å². The number of benzene rings is 1. The first-order valence-electron chi connectivity index (χ1n) is 4.74. The number of carboxylic acid groups (broad SMARTS) is 1. The fraction of sp³-hybridized carbons (Fsp3) is 0. The topological polar surface area (TPSA) is 92.2 Å². The summed E-state index contributed by atoms with van der Waals surface area (Å²) in [6, 6.07) is 7.88. The van der Waals surface area contributed by atoms with E-state index in [1.54, 1.807) is 0 Å². The molecule has 0 aliphatic heterocycles. The van der Waals surface area contributed by atoms with Crippen LogP contribution in [0.1, 0.15) is 10.4 Å². The van der Waals surface area contributed by atoms with Crippen LogP contribution in [-0.2, 0) is 0 Å². The normalized spacial score (nSPS) is 10.1. The monoisotopic (exact) mass is 232 g/mol. The van der Waals surface area contributed by atoms with Crippen molar-refractivity contribution in [3.63, 3.8) is 0 Å². The molecule has 0 saturated heterocycles. The molecule has 2 aromatic rings. The maximum Gasteiger partial charge on any atom is 0.335 e. The van der Waals surface area contributed by atoms with E-state index in [1.807, 2.05) is 0 Å². The zero-order valence-corrected chi connectivity index (χ0v) is 8.58. The highest BCUT2D eigenvalue weighted by atomic mass is 16.4. The van der Waals surface area contributed by atoms with Crippen LogP contribution in [-0.4, -0.2) is 20.9 Å². The van der Waals surface area contributed by atoms with E-state index in [4.69, 9.17) is 5.11 Å². The van der Waals surface area contributed by atoms with Gasteiger partial charge in [0.25, 0.3) is 11.1 Å². The van der Waals surface area contributed by atoms with Crippen LogP contribution in [0.25, 0.3) is 5.69 Å². The summed E-state index contributed by atoms with van der Waals surface area (Å²) in [4.78, 5) is 33.2. The summed E-state index contributed by atoms with van der Waals surface area (Å²) >= 11 is 0. The third kappa shape index (κ3) is 2.15. The molecular weight excluding hydrogens is 224 g/mol. The molecule has 0 atom stereocenters. The standard InChI is InChI=1S/C11H8N2O4/c14-9-5-6-10(15)13(12-9)8-3-1-7(2-4-8)11(16)17/h1-6H,(H,12,14)(H,16,17). The number of aromatic carboxylic acids is 1. The van der Waals surface area contributed by atoms with Crippen molar-refractivity contribution in [2.24, 2.45) is 0 Å². The van der Waals surface area contributed by atoms with Crippen LogP contribution in [0.3, 0.4) is 0 Å². The highest BCUT2D eigenvalue weighted by molar-refractivity contribution is 5.87. The summed E-state index contributed by atoms with van der Waals surface area (Å²) in [6.07, 6.45) is 0. The van der Waals surface area contributed by atoms with Gasteiger partial charge in [-0.25, -0.2) is 9.48 Å². The number of rotatable bonds is 2. The Morgan fingerprint density at radius 1 is 1.06 bits per heavy atom. The Hall–Kier alpha value is -2.63. The summed E-state index contributed by atoms with van der Waals surface area (Å²) in [5, 5.41) is 11.1. The van der Waals surface area contributed by atoms with E-state index >= 15 is 0 Å². The second-order valence-corrected chi connectivity index (χ2v) is 3.34. The number of aromatic amines is 1. The minimum Gasteiger partial charge on any atom is -0.478 e. The van der Waals surface area contributed by atoms with E-state index in [9.17, 15) is 14.4 Å². The zero-order valence-electron chi connectivity index (χ0n) is 8.58. The summed E-state index contributed by atoms with van der Waals surface area (Å²) in [7, 11) is 0. The van der Waals surface area contributed by atoms with Crippen molar-refractivity contribution < 1.29 is 9.90 Å². The fourth-order valence-corrected chi connectivity index (χ4v) is 1.37. The number of carboxylic acids is 1. The molecule has 1 aromatic heterocycles. The third-order valence-corrected chi connectivity index (χ3v) is 2.19. The first-order valence-corrected chi connectivity index (χ1v) is 4.74. The van der Waals surface area contributed by atoms with E-state index in [-0.39, 0.29) is 5.56 Å². The van der Waals surface area contributed by atoms with E-state index in [0.717, 1.165) is 16.8 Å². The van der Waals surface area contributed by atoms with E-state index in [1.165, 1.54) is 24.3 Å². The number of nitrogens with zero attached hydrogens (tertiary/aromatic N) is 1. The molecule has 1 heterocycles. The highest BCUT2D eigenvalue weighted by Gasteiger charge is 2.04. The molecule has 0 aliphatic rings. The van der Waals surface area contributed by atoms with Gasteiger partial charge in [0.2, 0.25) is 0 Å². The number of hydrogen-bond acceptors (Lipinski definition) is 3. The van der Waals surface area contributed by atoms with Crippen LogP contribution in [0.5, 0.6) is 0 Å². The van der Waals surface area contributed by atoms with Crippen molar-refractivity contribution >= 4 is 5.97 Å². The molecule has 2 rings (SSSR count). The van der Waals surface area contributed by atoms with Crippen LogP contribution in [0.2, 0.25) is 0 Å². The summed E-state index contributed by atoms with van der Waals surface area (Å²) < 4.78 is 1.05. The molecule has 6 heteroatoms. The number of nitrogens with one attached hydrogen (secondary N) is 1. The smallest absolute Gasteiger partial charge is 0.335 e. The Kier molecular flexibility index (Phi) is 2.61. The predicted octanol–water partition coefficient (Wildman–Crippen LogP) is 0.224. The van der Waals surface area contributed by atoms with Crippen LogP contribution >= 0.6 is 0 Å². The van der Waals surface area contributed by atoms with Gasteiger partial charge in [-0.15, -0.1) is 0 Å². The lowest BCUT2D eigenvalue weighted by Gasteiger charge is -2.04. The maximum absolute atomic E-state index is 11.5. The fourth-order valence-electron chi connectivity index (χ4n) is 1.37. The lowest BCUT2D eigenvalue weighted by Crippen LogP contribution is -2.26. The third-order valence-electron chi connectivity index (χ3n) is 2.19. The molecule has 2 N–H and O–H groups in total. The van der Waals surface area contributed by atoms with E-state index in [2.05, 4.69) is 5.10 Å². The number of hydrogen-bond donors (Lipinski definition) is 2. The quantitative estimate of drug-likeness (QED) is 0.774. The molecule has 17 heavy (non-hydrogen) atoms. The first-order chi connectivity index (χ1) is 8.08. The van der Waals surface area contributed by atoms with Gasteiger partial charge < -0.3 is 5.11 Å². The van der Waals surface area contributed by atoms with Gasteiger partial charge in [0, 0.05) is 12.1 Å². The average Bonchev–Trinajstić information content (AvgIpc) is 2.32. The molecule has 0 fully saturated rings. The molecule has 1 aromatic carbocycles. The van der Waals surface area contributed by atoms with Gasteiger partial charge in [-0.3, -0.25) is 14.7 Å². The molecule has 0 unspecified atom stereocenters. The lowest BCUT2D eigenvalue weighted by atomic mass is 10.2. The molecule has 0 spiro atoms. The second-order valence-electron chi connectivity index (χ2n) is 3.34. The van der Waals surface area contributed by atoms with Crippen LogP contribution in [0, 0.1) is 0 Å². The average molecular weight is 232 g/mol. The molecule has 0 radical (unpaired) electrons. The van der Waals surface area contributed by atoms with Gasteiger partial charge in [0.1, 0.15) is 0 Å². The van der Waals surface area contributed by atoms with Crippen LogP contribution < -0.4 is 11.1 Å². The Balaban J connectivity index is 2.54. The van der Waals surface area contributed by atoms with Crippen molar-refractivity contribution in [3.05, 3.63) is 62.7 Å². The number of aromatic nitrogens is 2. The minimum atomic E-state index is -1.05. The van der Waals surface area contributed by atoms with Gasteiger partial charge in [-0.05, 0) is 24.3 Å². The van der Waals surface area contributed by atoms with Gasteiger partial charge in [-0.1, -0.05) is 0 Å². The Morgan fingerprint density at radius 2 is 1.71 bits per heavy atom. The number of carbonyl (C=O) groups is 1. The highest BCUT2D eigenvalue weighted by Crippen LogP contribution is 2.06. The minimum absolute atomic E-state index is 0.111. The molecule has 0 bridgehead atoms. The van der Waals surface area contributed by atoms with Crippen molar-refractivity contribution in [2.45, 2.75) is 0 Å². The van der Waals surface area contributed by atoms with Gasteiger partial charge in [0.05, 0.1) is 11.3 Å². The van der Waals surface area contributed by atoms with Crippen LogP contribution in [0.4, 0.5) is 0 Å². The Labute approximate surface area is 94.7 Å². The summed E-state index contributed by atoms with van der Waals surface area (Å²) in [5.74, 6) is -1.05. The van der Waals surface area contributed by atoms with Crippen molar-refractivity contribution in [1.29, 1.82) is 0 Å². The first kappa shape index (κ1) is 10.9. The van der Waals surface area contributed by atoms with Crippen LogP contribution in [0.15, 0.2) is 46.0 Å². The predicted molar refractivity (Wildman–Crippen MR) is 59.6 cm³/mol. The summed E-state index contributed by atoms with van der Waals surface area (Å²) in [5.41, 5.74) is -0.294. The van der Waals surface area contributed by atoms with Gasteiger partial charge in [0.15, 0.2) is 0 Å². The van der Waals surface area contributed by atoms with Crippen molar-refractivity contribution in [3.8, 4) is 5.69 Å². The van der Waals surface area contributed by atoms with Crippen molar-refractivity contribution in [2.75, 3.05) is 0 Å². The molecule has 0 aliphatic carbocycles. The largest absolute Gasteiger partial charge is 0.478 e. The zero-order chi connectivity index (χ0) is 12.4. The maximum atomic E-state index is 11.5.